The highest BCUT2D eigenvalue weighted by atomic mass is 79.9. The van der Waals surface area contributed by atoms with E-state index in [1.807, 2.05) is 23.5 Å². The molecular formula is C38H22BrNS2. The maximum atomic E-state index is 3.82. The van der Waals surface area contributed by atoms with E-state index in [1.165, 1.54) is 79.7 Å². The van der Waals surface area contributed by atoms with Gasteiger partial charge in [-0.3, -0.25) is 0 Å². The lowest BCUT2D eigenvalue weighted by Crippen LogP contribution is -1.96. The molecule has 42 heavy (non-hydrogen) atoms. The van der Waals surface area contributed by atoms with Crippen LogP contribution in [0.1, 0.15) is 0 Å². The summed E-state index contributed by atoms with van der Waals surface area (Å²) in [5.41, 5.74) is 6.17. The van der Waals surface area contributed by atoms with Crippen molar-refractivity contribution < 1.29 is 0 Å². The normalized spacial score (nSPS) is 12.7. The number of nitrogens with zero attached hydrogens (tertiary/aromatic N) is 1. The second-order valence-corrected chi connectivity index (χ2v) is 13.6. The molecule has 1 nitrogen and oxygen atoms in total. The van der Waals surface area contributed by atoms with Crippen molar-refractivity contribution >= 4 is 82.8 Å². The van der Waals surface area contributed by atoms with E-state index in [0.717, 1.165) is 4.47 Å². The third-order valence-corrected chi connectivity index (χ3v) is 11.9. The second kappa shape index (κ2) is 9.53. The van der Waals surface area contributed by atoms with Crippen molar-refractivity contribution in [2.24, 2.45) is 0 Å². The Hall–Kier alpha value is -3.96. The van der Waals surface area contributed by atoms with Crippen LogP contribution >= 0.6 is 39.5 Å². The van der Waals surface area contributed by atoms with Gasteiger partial charge >= 0.3 is 0 Å². The number of rotatable bonds is 2. The summed E-state index contributed by atoms with van der Waals surface area (Å²) >= 11 is 7.57. The highest BCUT2D eigenvalue weighted by molar-refractivity contribution is 9.10. The van der Waals surface area contributed by atoms with E-state index in [-0.39, 0.29) is 0 Å². The first-order chi connectivity index (χ1) is 20.8. The minimum atomic E-state index is 1.15. The molecule has 0 saturated heterocycles. The van der Waals surface area contributed by atoms with Gasteiger partial charge in [0.2, 0.25) is 0 Å². The van der Waals surface area contributed by atoms with Crippen LogP contribution in [0.15, 0.2) is 158 Å². The van der Waals surface area contributed by atoms with Crippen LogP contribution < -0.4 is 0 Å². The summed E-state index contributed by atoms with van der Waals surface area (Å²) in [6, 6.07) is 48.8. The molecule has 0 aliphatic carbocycles. The molecule has 9 rings (SSSR count). The molecule has 0 amide bonds. The molecule has 2 heterocycles. The van der Waals surface area contributed by atoms with Gasteiger partial charge in [-0.25, -0.2) is 0 Å². The topological polar surface area (TPSA) is 4.93 Å². The Morgan fingerprint density at radius 2 is 1.07 bits per heavy atom. The Bertz CT molecular complexity index is 2370. The van der Waals surface area contributed by atoms with Crippen molar-refractivity contribution in [2.75, 3.05) is 0 Å². The molecular weight excluding hydrogens is 614 g/mol. The van der Waals surface area contributed by atoms with E-state index >= 15 is 0 Å². The molecule has 1 aromatic heterocycles. The molecule has 0 radical (unpaired) electrons. The van der Waals surface area contributed by atoms with Crippen LogP contribution in [-0.2, 0) is 0 Å². The van der Waals surface area contributed by atoms with Crippen LogP contribution in [0.25, 0.3) is 60.2 Å². The van der Waals surface area contributed by atoms with Crippen molar-refractivity contribution in [1.29, 1.82) is 0 Å². The lowest BCUT2D eigenvalue weighted by Gasteiger charge is -2.23. The van der Waals surface area contributed by atoms with Gasteiger partial charge in [0.1, 0.15) is 0 Å². The van der Waals surface area contributed by atoms with Crippen molar-refractivity contribution in [3.05, 3.63) is 138 Å². The highest BCUT2D eigenvalue weighted by Gasteiger charge is 2.24. The molecule has 1 aliphatic rings. The van der Waals surface area contributed by atoms with Crippen LogP contribution in [0.3, 0.4) is 0 Å². The fourth-order valence-electron chi connectivity index (χ4n) is 6.52. The van der Waals surface area contributed by atoms with Crippen LogP contribution in [0, 0.1) is 0 Å². The first-order valence-corrected chi connectivity index (χ1v) is 16.4. The first-order valence-electron chi connectivity index (χ1n) is 14.0. The predicted octanol–water partition coefficient (Wildman–Crippen LogP) is 12.1. The summed E-state index contributed by atoms with van der Waals surface area (Å²) in [6.07, 6.45) is 0. The van der Waals surface area contributed by atoms with Gasteiger partial charge in [0.05, 0.1) is 11.0 Å². The van der Waals surface area contributed by atoms with Gasteiger partial charge in [0.25, 0.3) is 0 Å². The summed E-state index contributed by atoms with van der Waals surface area (Å²) < 4.78 is 3.58. The van der Waals surface area contributed by atoms with Gasteiger partial charge in [-0.2, -0.15) is 0 Å². The van der Waals surface area contributed by atoms with Gasteiger partial charge < -0.3 is 4.57 Å². The average Bonchev–Trinajstić information content (AvgIpc) is 3.38. The van der Waals surface area contributed by atoms with Crippen LogP contribution in [0.2, 0.25) is 0 Å². The van der Waals surface area contributed by atoms with Crippen LogP contribution in [-0.4, -0.2) is 4.57 Å². The molecule has 0 fully saturated rings. The predicted molar refractivity (Wildman–Crippen MR) is 184 cm³/mol. The SMILES string of the molecule is Brc1cccc2c1Sc1cc(-c3cc4c(c5ccccc35)c3ccccc3n4-c3ccccc3)c3ccccc3c1S2. The van der Waals surface area contributed by atoms with E-state index in [1.54, 1.807) is 0 Å². The summed E-state index contributed by atoms with van der Waals surface area (Å²) in [6.45, 7) is 0. The average molecular weight is 637 g/mol. The smallest absolute Gasteiger partial charge is 0.0553 e. The van der Waals surface area contributed by atoms with Gasteiger partial charge in [-0.15, -0.1) is 0 Å². The number of halogens is 1. The monoisotopic (exact) mass is 635 g/mol. The van der Waals surface area contributed by atoms with E-state index in [0.29, 0.717) is 0 Å². The van der Waals surface area contributed by atoms with Gasteiger partial charge in [0, 0.05) is 40.5 Å². The Kier molecular flexibility index (Phi) is 5.59. The fraction of sp³-hybridized carbons (Fsp3) is 0. The molecule has 0 N–H and O–H groups in total. The van der Waals surface area contributed by atoms with Crippen LogP contribution in [0.5, 0.6) is 0 Å². The Morgan fingerprint density at radius 1 is 0.452 bits per heavy atom. The third kappa shape index (κ3) is 3.59. The first kappa shape index (κ1) is 24.6. The molecule has 7 aromatic carbocycles. The van der Waals surface area contributed by atoms with E-state index in [9.17, 15) is 0 Å². The van der Waals surface area contributed by atoms with E-state index in [4.69, 9.17) is 0 Å². The minimum absolute atomic E-state index is 1.15. The zero-order valence-electron chi connectivity index (χ0n) is 22.3. The zero-order valence-corrected chi connectivity index (χ0v) is 25.6. The number of hydrogen-bond donors (Lipinski definition) is 0. The molecule has 198 valence electrons. The third-order valence-electron chi connectivity index (χ3n) is 8.30. The van der Waals surface area contributed by atoms with Crippen molar-refractivity contribution in [3.8, 4) is 16.8 Å². The van der Waals surface area contributed by atoms with E-state index < -0.39 is 0 Å². The van der Waals surface area contributed by atoms with Crippen molar-refractivity contribution in [2.45, 2.75) is 19.6 Å². The summed E-state index contributed by atoms with van der Waals surface area (Å²) in [4.78, 5) is 5.24. The van der Waals surface area contributed by atoms with Crippen LogP contribution in [0.4, 0.5) is 0 Å². The zero-order chi connectivity index (χ0) is 27.8. The van der Waals surface area contributed by atoms with Crippen molar-refractivity contribution in [3.63, 3.8) is 0 Å². The number of benzene rings is 7. The lowest BCUT2D eigenvalue weighted by atomic mass is 9.92. The summed E-state index contributed by atoms with van der Waals surface area (Å²) in [5, 5.41) is 7.74. The number of fused-ring (bicyclic) bond motifs is 9. The van der Waals surface area contributed by atoms with Gasteiger partial charge in [-0.1, -0.05) is 115 Å². The van der Waals surface area contributed by atoms with Gasteiger partial charge in [-0.05, 0) is 91.1 Å². The van der Waals surface area contributed by atoms with Gasteiger partial charge in [0.15, 0.2) is 0 Å². The molecule has 0 saturated carbocycles. The van der Waals surface area contributed by atoms with Crippen molar-refractivity contribution in [1.82, 2.24) is 4.57 Å². The highest BCUT2D eigenvalue weighted by Crippen LogP contribution is 2.55. The fourth-order valence-corrected chi connectivity index (χ4v) is 9.71. The number of para-hydroxylation sites is 2. The molecule has 0 unspecified atom stereocenters. The standard InChI is InChI=1S/C38H22BrNS2/c39-31-18-10-20-34-38(31)42-35-22-30(25-14-5-7-16-27(25)37(35)41-34)29-21-33-36(26-15-6-4-13-24(26)29)28-17-8-9-19-32(28)40(33)23-11-2-1-3-12-23/h1-22H. The Morgan fingerprint density at radius 3 is 1.88 bits per heavy atom. The van der Waals surface area contributed by atoms with E-state index in [2.05, 4.69) is 154 Å². The number of aromatic nitrogens is 1. The Balaban J connectivity index is 1.42. The molecule has 0 spiro atoms. The molecule has 8 aromatic rings. The number of hydrogen-bond acceptors (Lipinski definition) is 2. The molecule has 0 atom stereocenters. The lowest BCUT2D eigenvalue weighted by molar-refractivity contribution is 1.16. The maximum absolute atomic E-state index is 3.82. The quantitative estimate of drug-likeness (QED) is 0.186. The molecule has 0 bridgehead atoms. The molecule has 1 aliphatic heterocycles. The Labute approximate surface area is 260 Å². The largest absolute Gasteiger partial charge is 0.309 e. The minimum Gasteiger partial charge on any atom is -0.309 e. The maximum Gasteiger partial charge on any atom is 0.0553 e. The summed E-state index contributed by atoms with van der Waals surface area (Å²) in [5.74, 6) is 0. The molecule has 4 heteroatoms. The second-order valence-electron chi connectivity index (χ2n) is 10.6. The summed E-state index contributed by atoms with van der Waals surface area (Å²) in [7, 11) is 0.